The first kappa shape index (κ1) is 11.6. The van der Waals surface area contributed by atoms with E-state index in [9.17, 15) is 4.39 Å². The number of alkyl halides is 1. The van der Waals surface area contributed by atoms with Crippen molar-refractivity contribution < 1.29 is 9.13 Å². The van der Waals surface area contributed by atoms with E-state index in [-0.39, 0.29) is 12.6 Å². The molecule has 1 aromatic rings. The van der Waals surface area contributed by atoms with Gasteiger partial charge in [0.1, 0.15) is 12.0 Å². The highest BCUT2D eigenvalue weighted by atomic mass is 19.1. The van der Waals surface area contributed by atoms with Gasteiger partial charge in [-0.25, -0.2) is 9.37 Å². The Bertz CT molecular complexity index is 426. The minimum Gasteiger partial charge on any atom is -0.384 e. The Morgan fingerprint density at radius 2 is 2.22 bits per heavy atom. The molecule has 98 valence electrons. The molecule has 18 heavy (non-hydrogen) atoms. The van der Waals surface area contributed by atoms with Crippen molar-refractivity contribution in [1.29, 1.82) is 0 Å². The lowest BCUT2D eigenvalue weighted by molar-refractivity contribution is -0.0229. The smallest absolute Gasteiger partial charge is 0.227 e. The van der Waals surface area contributed by atoms with Gasteiger partial charge in [-0.3, -0.25) is 0 Å². The third-order valence-electron chi connectivity index (χ3n) is 3.32. The molecule has 1 aliphatic carbocycles. The minimum absolute atomic E-state index is 0.269. The summed E-state index contributed by atoms with van der Waals surface area (Å²) >= 11 is 0. The molecule has 2 aliphatic rings. The number of anilines is 2. The van der Waals surface area contributed by atoms with Crippen molar-refractivity contribution in [2.75, 3.05) is 23.7 Å². The van der Waals surface area contributed by atoms with E-state index in [4.69, 9.17) is 10.5 Å². The van der Waals surface area contributed by atoms with Gasteiger partial charge in [-0.05, 0) is 25.3 Å². The Labute approximate surface area is 105 Å². The second kappa shape index (κ2) is 4.68. The second-order valence-electron chi connectivity index (χ2n) is 4.91. The number of halogens is 1. The summed E-state index contributed by atoms with van der Waals surface area (Å²) in [5.74, 6) is 0.911. The van der Waals surface area contributed by atoms with Crippen LogP contribution >= 0.6 is 0 Å². The number of rotatable bonds is 3. The van der Waals surface area contributed by atoms with Crippen molar-refractivity contribution in [1.82, 2.24) is 9.97 Å². The molecule has 2 N–H and O–H groups in total. The van der Waals surface area contributed by atoms with Crippen LogP contribution in [0.2, 0.25) is 0 Å². The number of ether oxygens (including phenoxy) is 1. The van der Waals surface area contributed by atoms with Crippen LogP contribution in [0.25, 0.3) is 0 Å². The van der Waals surface area contributed by atoms with Crippen LogP contribution in [-0.2, 0) is 4.74 Å². The summed E-state index contributed by atoms with van der Waals surface area (Å²) in [6, 6.07) is 1.62. The molecule has 2 atom stereocenters. The monoisotopic (exact) mass is 252 g/mol. The van der Waals surface area contributed by atoms with Crippen LogP contribution in [0, 0.1) is 0 Å². The Morgan fingerprint density at radius 3 is 2.89 bits per heavy atom. The van der Waals surface area contributed by atoms with E-state index in [2.05, 4.69) is 9.97 Å². The van der Waals surface area contributed by atoms with Crippen LogP contribution < -0.4 is 10.6 Å². The highest BCUT2D eigenvalue weighted by Gasteiger charge is 2.35. The summed E-state index contributed by atoms with van der Waals surface area (Å²) in [7, 11) is 0. The predicted octanol–water partition coefficient (Wildman–Crippen LogP) is 1.15. The highest BCUT2D eigenvalue weighted by Crippen LogP contribution is 2.29. The van der Waals surface area contributed by atoms with E-state index >= 15 is 0 Å². The zero-order valence-corrected chi connectivity index (χ0v) is 10.1. The number of piperidine rings is 1. The predicted molar refractivity (Wildman–Crippen MR) is 66.1 cm³/mol. The molecule has 5 nitrogen and oxygen atoms in total. The molecule has 0 unspecified atom stereocenters. The fourth-order valence-electron chi connectivity index (χ4n) is 2.18. The van der Waals surface area contributed by atoms with Crippen LogP contribution in [-0.4, -0.2) is 41.4 Å². The van der Waals surface area contributed by atoms with Crippen molar-refractivity contribution >= 4 is 11.8 Å². The lowest BCUT2D eigenvalue weighted by atomic mass is 10.1. The number of hydrogen-bond donors (Lipinski definition) is 1. The Kier molecular flexibility index (Phi) is 3.03. The van der Waals surface area contributed by atoms with E-state index in [0.29, 0.717) is 30.8 Å². The van der Waals surface area contributed by atoms with E-state index < -0.39 is 6.17 Å². The first-order valence-corrected chi connectivity index (χ1v) is 6.35. The molecular weight excluding hydrogens is 235 g/mol. The van der Waals surface area contributed by atoms with Crippen molar-refractivity contribution in [3.05, 3.63) is 12.3 Å². The highest BCUT2D eigenvalue weighted by molar-refractivity contribution is 5.38. The molecule has 0 radical (unpaired) electrons. The number of nitrogen functional groups attached to an aromatic ring is 1. The van der Waals surface area contributed by atoms with Crippen LogP contribution in [0.5, 0.6) is 0 Å². The van der Waals surface area contributed by atoms with Crippen molar-refractivity contribution in [2.24, 2.45) is 0 Å². The van der Waals surface area contributed by atoms with E-state index in [1.165, 1.54) is 0 Å². The van der Waals surface area contributed by atoms with Crippen LogP contribution in [0.3, 0.4) is 0 Å². The van der Waals surface area contributed by atoms with Crippen molar-refractivity contribution in [3.63, 3.8) is 0 Å². The van der Waals surface area contributed by atoms with Gasteiger partial charge in [-0.1, -0.05) is 0 Å². The van der Waals surface area contributed by atoms with Gasteiger partial charge >= 0.3 is 0 Å². The molecule has 1 aromatic heterocycles. The molecule has 1 saturated heterocycles. The molecule has 2 fully saturated rings. The molecule has 2 heterocycles. The zero-order valence-electron chi connectivity index (χ0n) is 10.1. The fraction of sp³-hybridized carbons (Fsp3) is 0.667. The summed E-state index contributed by atoms with van der Waals surface area (Å²) in [6.07, 6.45) is 3.46. The fourth-order valence-corrected chi connectivity index (χ4v) is 2.18. The zero-order chi connectivity index (χ0) is 12.5. The molecule has 0 aromatic carbocycles. The average Bonchev–Trinajstić information content (AvgIpc) is 3.16. The minimum atomic E-state index is -0.982. The lowest BCUT2D eigenvalue weighted by Gasteiger charge is -2.34. The maximum atomic E-state index is 14.0. The Balaban J connectivity index is 1.63. The first-order valence-electron chi connectivity index (χ1n) is 6.35. The third-order valence-corrected chi connectivity index (χ3v) is 3.32. The molecule has 3 rings (SSSR count). The SMILES string of the molecule is Nc1ccnc(N2CC[C@@H](OC3CC3)[C@@H](F)C2)n1. The quantitative estimate of drug-likeness (QED) is 0.874. The Morgan fingerprint density at radius 1 is 1.39 bits per heavy atom. The van der Waals surface area contributed by atoms with Crippen LogP contribution in [0.4, 0.5) is 16.2 Å². The molecule has 1 saturated carbocycles. The van der Waals surface area contributed by atoms with E-state index in [1.807, 2.05) is 4.90 Å². The van der Waals surface area contributed by atoms with Gasteiger partial charge < -0.3 is 15.4 Å². The molecule has 1 aliphatic heterocycles. The standard InChI is InChI=1S/C12H17FN4O/c13-9-7-17(12-15-5-3-11(14)16-12)6-4-10(9)18-8-1-2-8/h3,5,8-10H,1-2,4,6-7H2,(H2,14,15,16)/t9-,10+/m0/s1. The third kappa shape index (κ3) is 2.53. The summed E-state index contributed by atoms with van der Waals surface area (Å²) in [4.78, 5) is 10.1. The van der Waals surface area contributed by atoms with Crippen molar-refractivity contribution in [3.8, 4) is 0 Å². The van der Waals surface area contributed by atoms with Gasteiger partial charge in [0.2, 0.25) is 5.95 Å². The molecule has 0 spiro atoms. The molecular formula is C12H17FN4O. The number of nitrogens with two attached hydrogens (primary N) is 1. The summed E-state index contributed by atoms with van der Waals surface area (Å²) in [5.41, 5.74) is 5.61. The van der Waals surface area contributed by atoms with Crippen molar-refractivity contribution in [2.45, 2.75) is 37.6 Å². The summed E-state index contributed by atoms with van der Waals surface area (Å²) in [5, 5.41) is 0. The molecule has 0 bridgehead atoms. The number of aromatic nitrogens is 2. The topological polar surface area (TPSA) is 64.3 Å². The maximum absolute atomic E-state index is 14.0. The van der Waals surface area contributed by atoms with Gasteiger partial charge in [0, 0.05) is 12.7 Å². The summed E-state index contributed by atoms with van der Waals surface area (Å²) < 4.78 is 19.7. The van der Waals surface area contributed by atoms with Crippen LogP contribution in [0.1, 0.15) is 19.3 Å². The normalized spacial score (nSPS) is 28.4. The van der Waals surface area contributed by atoms with Gasteiger partial charge in [-0.15, -0.1) is 0 Å². The van der Waals surface area contributed by atoms with Gasteiger partial charge in [0.05, 0.1) is 18.8 Å². The number of hydrogen-bond acceptors (Lipinski definition) is 5. The van der Waals surface area contributed by atoms with Crippen LogP contribution in [0.15, 0.2) is 12.3 Å². The van der Waals surface area contributed by atoms with E-state index in [0.717, 1.165) is 12.8 Å². The lowest BCUT2D eigenvalue weighted by Crippen LogP contribution is -2.46. The van der Waals surface area contributed by atoms with Gasteiger partial charge in [-0.2, -0.15) is 4.98 Å². The van der Waals surface area contributed by atoms with E-state index in [1.54, 1.807) is 12.3 Å². The maximum Gasteiger partial charge on any atom is 0.227 e. The molecule has 6 heteroatoms. The van der Waals surface area contributed by atoms with Gasteiger partial charge in [0.25, 0.3) is 0 Å². The second-order valence-corrected chi connectivity index (χ2v) is 4.91. The first-order chi connectivity index (χ1) is 8.72. The largest absolute Gasteiger partial charge is 0.384 e. The molecule has 0 amide bonds. The van der Waals surface area contributed by atoms with Gasteiger partial charge in [0.15, 0.2) is 0 Å². The average molecular weight is 252 g/mol. The number of nitrogens with zero attached hydrogens (tertiary/aromatic N) is 3. The Hall–Kier alpha value is -1.43. The summed E-state index contributed by atoms with van der Waals surface area (Å²) in [6.45, 7) is 0.988.